The number of carboxylic acid groups (broad SMARTS) is 1. The molecule has 0 bridgehead atoms. The Hall–Kier alpha value is -0.960. The first-order chi connectivity index (χ1) is 6.25. The number of rotatable bonds is 4. The zero-order valence-electron chi connectivity index (χ0n) is 7.43. The third-order valence-corrected chi connectivity index (χ3v) is 2.50. The molecule has 0 unspecified atom stereocenters. The predicted molar refractivity (Wildman–Crippen MR) is 55.2 cm³/mol. The van der Waals surface area contributed by atoms with Crippen LogP contribution in [0.25, 0.3) is 0 Å². The minimum absolute atomic E-state index is 0.379. The standard InChI is InChI=1S/C10H12O2S/c1-13-7-9(10(11)12)8-5-3-2-4-6-8/h2-6,9H,7H2,1H3,(H,11,12)/t9-/m1/s1. The van der Waals surface area contributed by atoms with Crippen molar-refractivity contribution in [1.82, 2.24) is 0 Å². The molecule has 0 heterocycles. The quantitative estimate of drug-likeness (QED) is 0.802. The SMILES string of the molecule is CSC[C@@H](C(=O)O)c1ccccc1. The maximum Gasteiger partial charge on any atom is 0.311 e. The zero-order chi connectivity index (χ0) is 9.68. The molecule has 3 heteroatoms. The lowest BCUT2D eigenvalue weighted by atomic mass is 10.0. The van der Waals surface area contributed by atoms with Crippen molar-refractivity contribution >= 4 is 17.7 Å². The summed E-state index contributed by atoms with van der Waals surface area (Å²) in [5, 5.41) is 8.94. The Balaban J connectivity index is 2.82. The monoisotopic (exact) mass is 196 g/mol. The van der Waals surface area contributed by atoms with E-state index in [0.717, 1.165) is 5.56 Å². The van der Waals surface area contributed by atoms with Crippen molar-refractivity contribution in [2.45, 2.75) is 5.92 Å². The van der Waals surface area contributed by atoms with E-state index in [1.165, 1.54) is 0 Å². The summed E-state index contributed by atoms with van der Waals surface area (Å²) >= 11 is 1.55. The van der Waals surface area contributed by atoms with Crippen LogP contribution in [-0.2, 0) is 4.79 Å². The molecule has 0 amide bonds. The number of aliphatic carboxylic acids is 1. The van der Waals surface area contributed by atoms with Crippen LogP contribution in [0.3, 0.4) is 0 Å². The van der Waals surface area contributed by atoms with Gasteiger partial charge in [0.05, 0.1) is 5.92 Å². The van der Waals surface area contributed by atoms with Gasteiger partial charge in [-0.1, -0.05) is 30.3 Å². The largest absolute Gasteiger partial charge is 0.481 e. The van der Waals surface area contributed by atoms with Crippen LogP contribution in [0.15, 0.2) is 30.3 Å². The number of hydrogen-bond acceptors (Lipinski definition) is 2. The fourth-order valence-electron chi connectivity index (χ4n) is 1.16. The molecule has 0 aliphatic rings. The Kier molecular flexibility index (Phi) is 3.83. The Labute approximate surface area is 82.0 Å². The van der Waals surface area contributed by atoms with Crippen molar-refractivity contribution in [2.75, 3.05) is 12.0 Å². The van der Waals surface area contributed by atoms with Gasteiger partial charge in [0.2, 0.25) is 0 Å². The second kappa shape index (κ2) is 4.92. The van der Waals surface area contributed by atoms with E-state index in [9.17, 15) is 4.79 Å². The summed E-state index contributed by atoms with van der Waals surface area (Å²) in [5.41, 5.74) is 0.879. The van der Waals surface area contributed by atoms with Crippen molar-refractivity contribution in [3.8, 4) is 0 Å². The molecule has 0 aliphatic carbocycles. The lowest BCUT2D eigenvalue weighted by Crippen LogP contribution is -2.13. The summed E-state index contributed by atoms with van der Waals surface area (Å²) in [6.45, 7) is 0. The van der Waals surface area contributed by atoms with Crippen LogP contribution < -0.4 is 0 Å². The van der Waals surface area contributed by atoms with Crippen molar-refractivity contribution in [3.05, 3.63) is 35.9 Å². The highest BCUT2D eigenvalue weighted by atomic mass is 32.2. The van der Waals surface area contributed by atoms with E-state index in [1.807, 2.05) is 36.6 Å². The van der Waals surface area contributed by atoms with Crippen molar-refractivity contribution < 1.29 is 9.90 Å². The minimum Gasteiger partial charge on any atom is -0.481 e. The van der Waals surface area contributed by atoms with Gasteiger partial charge in [-0.3, -0.25) is 4.79 Å². The normalized spacial score (nSPS) is 12.4. The van der Waals surface area contributed by atoms with Crippen LogP contribution in [0.5, 0.6) is 0 Å². The molecule has 1 atom stereocenters. The molecule has 0 radical (unpaired) electrons. The number of carboxylic acids is 1. The van der Waals surface area contributed by atoms with Gasteiger partial charge in [-0.25, -0.2) is 0 Å². The molecule has 0 aromatic heterocycles. The molecule has 1 rings (SSSR count). The van der Waals surface area contributed by atoms with E-state index < -0.39 is 5.97 Å². The Bertz CT molecular complexity index is 272. The molecule has 1 aromatic carbocycles. The maximum absolute atomic E-state index is 10.9. The summed E-state index contributed by atoms with van der Waals surface area (Å²) in [5.74, 6) is -0.504. The van der Waals surface area contributed by atoms with Crippen molar-refractivity contribution in [3.63, 3.8) is 0 Å². The molecule has 2 nitrogen and oxygen atoms in total. The summed E-state index contributed by atoms with van der Waals surface area (Å²) in [6.07, 6.45) is 1.92. The number of thioether (sulfide) groups is 1. The van der Waals surface area contributed by atoms with Crippen molar-refractivity contribution in [1.29, 1.82) is 0 Å². The molecular weight excluding hydrogens is 184 g/mol. The van der Waals surface area contributed by atoms with Crippen LogP contribution in [0.2, 0.25) is 0 Å². The summed E-state index contributed by atoms with van der Waals surface area (Å²) in [6, 6.07) is 9.34. The first-order valence-corrected chi connectivity index (χ1v) is 5.41. The number of benzene rings is 1. The van der Waals surface area contributed by atoms with Gasteiger partial charge in [0.15, 0.2) is 0 Å². The van der Waals surface area contributed by atoms with Crippen LogP contribution in [0, 0.1) is 0 Å². The van der Waals surface area contributed by atoms with Crippen LogP contribution in [0.1, 0.15) is 11.5 Å². The van der Waals surface area contributed by atoms with Crippen molar-refractivity contribution in [2.24, 2.45) is 0 Å². The van der Waals surface area contributed by atoms with Gasteiger partial charge >= 0.3 is 5.97 Å². The third kappa shape index (κ3) is 2.77. The first-order valence-electron chi connectivity index (χ1n) is 4.02. The highest BCUT2D eigenvalue weighted by Crippen LogP contribution is 2.19. The number of carbonyl (C=O) groups is 1. The van der Waals surface area contributed by atoms with Gasteiger partial charge in [-0.15, -0.1) is 0 Å². The Morgan fingerprint density at radius 2 is 2.08 bits per heavy atom. The lowest BCUT2D eigenvalue weighted by Gasteiger charge is -2.10. The maximum atomic E-state index is 10.9. The molecule has 70 valence electrons. The smallest absolute Gasteiger partial charge is 0.311 e. The molecule has 1 aromatic rings. The van der Waals surface area contributed by atoms with Crippen LogP contribution in [-0.4, -0.2) is 23.1 Å². The van der Waals surface area contributed by atoms with Crippen LogP contribution in [0.4, 0.5) is 0 Å². The van der Waals surface area contributed by atoms with E-state index in [4.69, 9.17) is 5.11 Å². The first kappa shape index (κ1) is 10.1. The molecule has 0 aliphatic heterocycles. The van der Waals surface area contributed by atoms with E-state index in [0.29, 0.717) is 5.75 Å². The fourth-order valence-corrected chi connectivity index (χ4v) is 1.83. The van der Waals surface area contributed by atoms with Gasteiger partial charge in [0.25, 0.3) is 0 Å². The third-order valence-electron chi connectivity index (χ3n) is 1.83. The summed E-state index contributed by atoms with van der Waals surface area (Å²) in [7, 11) is 0. The Morgan fingerprint density at radius 3 is 2.54 bits per heavy atom. The fraction of sp³-hybridized carbons (Fsp3) is 0.300. The van der Waals surface area contributed by atoms with E-state index in [1.54, 1.807) is 11.8 Å². The molecule has 13 heavy (non-hydrogen) atoms. The minimum atomic E-state index is -0.749. The van der Waals surface area contributed by atoms with E-state index in [-0.39, 0.29) is 5.92 Å². The Morgan fingerprint density at radius 1 is 1.46 bits per heavy atom. The zero-order valence-corrected chi connectivity index (χ0v) is 8.25. The highest BCUT2D eigenvalue weighted by Gasteiger charge is 2.18. The predicted octanol–water partition coefficient (Wildman–Crippen LogP) is 2.22. The summed E-state index contributed by atoms with van der Waals surface area (Å²) in [4.78, 5) is 10.9. The average Bonchev–Trinajstić information content (AvgIpc) is 2.15. The molecule has 0 fully saturated rings. The second-order valence-corrected chi connectivity index (χ2v) is 3.67. The second-order valence-electron chi connectivity index (χ2n) is 2.76. The lowest BCUT2D eigenvalue weighted by molar-refractivity contribution is -0.138. The van der Waals surface area contributed by atoms with E-state index in [2.05, 4.69) is 0 Å². The molecular formula is C10H12O2S. The van der Waals surface area contributed by atoms with Gasteiger partial charge < -0.3 is 5.11 Å². The summed E-state index contributed by atoms with van der Waals surface area (Å²) < 4.78 is 0. The van der Waals surface area contributed by atoms with Gasteiger partial charge in [-0.05, 0) is 11.8 Å². The molecule has 0 spiro atoms. The van der Waals surface area contributed by atoms with E-state index >= 15 is 0 Å². The topological polar surface area (TPSA) is 37.3 Å². The van der Waals surface area contributed by atoms with Gasteiger partial charge in [0, 0.05) is 5.75 Å². The molecule has 0 saturated heterocycles. The van der Waals surface area contributed by atoms with Gasteiger partial charge in [0.1, 0.15) is 0 Å². The van der Waals surface area contributed by atoms with Crippen LogP contribution >= 0.6 is 11.8 Å². The number of hydrogen-bond donors (Lipinski definition) is 1. The average molecular weight is 196 g/mol. The highest BCUT2D eigenvalue weighted by molar-refractivity contribution is 7.98. The van der Waals surface area contributed by atoms with Gasteiger partial charge in [-0.2, -0.15) is 11.8 Å². The molecule has 1 N–H and O–H groups in total. The molecule has 0 saturated carbocycles.